The van der Waals surface area contributed by atoms with Gasteiger partial charge in [-0.25, -0.2) is 4.98 Å². The number of nitrogens with two attached hydrogens (primary N) is 1. The monoisotopic (exact) mass is 655 g/mol. The molecular formula is C36H42FN5O4Si. The molecule has 11 heteroatoms. The van der Waals surface area contributed by atoms with Crippen LogP contribution in [0.1, 0.15) is 50.1 Å². The molecule has 0 radical (unpaired) electrons. The van der Waals surface area contributed by atoms with Crippen LogP contribution in [0.4, 0.5) is 10.2 Å². The van der Waals surface area contributed by atoms with Gasteiger partial charge in [-0.05, 0) is 47.0 Å². The van der Waals surface area contributed by atoms with E-state index >= 15 is 0 Å². The molecule has 5 aromatic rings. The maximum absolute atomic E-state index is 14.3. The van der Waals surface area contributed by atoms with Crippen LogP contribution in [0.5, 0.6) is 5.75 Å². The maximum atomic E-state index is 14.3. The van der Waals surface area contributed by atoms with E-state index in [1.165, 1.54) is 0 Å². The Kier molecular flexibility index (Phi) is 8.92. The largest absolute Gasteiger partial charge is 0.497 e. The van der Waals surface area contributed by atoms with E-state index in [2.05, 4.69) is 73.1 Å². The van der Waals surface area contributed by atoms with Crippen molar-refractivity contribution < 1.29 is 23.0 Å². The van der Waals surface area contributed by atoms with Crippen molar-refractivity contribution in [2.45, 2.75) is 69.4 Å². The number of benzene rings is 3. The Bertz CT molecular complexity index is 1770. The fourth-order valence-electron chi connectivity index (χ4n) is 5.95. The lowest BCUT2D eigenvalue weighted by Gasteiger charge is -2.40. The van der Waals surface area contributed by atoms with Crippen molar-refractivity contribution in [3.8, 4) is 5.75 Å². The number of hydrogen-bond donors (Lipinski definition) is 1. The summed E-state index contributed by atoms with van der Waals surface area (Å²) in [4.78, 5) is 12.0. The molecular weight excluding hydrogens is 614 g/mol. The van der Waals surface area contributed by atoms with Crippen molar-refractivity contribution in [3.05, 3.63) is 114 Å². The molecule has 0 spiro atoms. The van der Waals surface area contributed by atoms with Crippen molar-refractivity contribution in [1.82, 2.24) is 19.5 Å². The molecule has 3 atom stereocenters. The number of aromatic nitrogens is 4. The Labute approximate surface area is 276 Å². The van der Waals surface area contributed by atoms with Gasteiger partial charge in [-0.1, -0.05) is 93.6 Å². The van der Waals surface area contributed by atoms with Crippen LogP contribution < -0.4 is 10.5 Å². The molecule has 9 nitrogen and oxygen atoms in total. The number of ether oxygens (including phenoxy) is 3. The molecule has 1 aliphatic rings. The van der Waals surface area contributed by atoms with Gasteiger partial charge >= 0.3 is 6.08 Å². The summed E-state index contributed by atoms with van der Waals surface area (Å²) < 4.78 is 42.5. The lowest BCUT2D eigenvalue weighted by molar-refractivity contribution is -0.0914. The van der Waals surface area contributed by atoms with Gasteiger partial charge in [0, 0.05) is 6.42 Å². The van der Waals surface area contributed by atoms with E-state index in [1.54, 1.807) is 18.0 Å². The molecule has 1 unspecified atom stereocenters. The molecule has 3 heterocycles. The van der Waals surface area contributed by atoms with Crippen LogP contribution >= 0.6 is 0 Å². The molecule has 47 heavy (non-hydrogen) atoms. The van der Waals surface area contributed by atoms with Crippen LogP contribution in [0.2, 0.25) is 18.1 Å². The van der Waals surface area contributed by atoms with E-state index in [9.17, 15) is 4.39 Å². The van der Waals surface area contributed by atoms with Gasteiger partial charge in [0.25, 0.3) is 0 Å². The summed E-state index contributed by atoms with van der Waals surface area (Å²) in [6.07, 6.45) is -0.186. The molecule has 1 saturated heterocycles. The van der Waals surface area contributed by atoms with Crippen LogP contribution in [0, 0.1) is 6.08 Å². The summed E-state index contributed by atoms with van der Waals surface area (Å²) in [7, 11) is -0.600. The van der Waals surface area contributed by atoms with Crippen molar-refractivity contribution in [3.63, 3.8) is 0 Å². The van der Waals surface area contributed by atoms with E-state index < -0.39 is 32.3 Å². The fraction of sp³-hybridized carbons (Fsp3) is 0.361. The topological polar surface area (TPSA) is 107 Å². The quantitative estimate of drug-likeness (QED) is 0.0954. The molecule has 0 amide bonds. The number of anilines is 1. The second kappa shape index (κ2) is 12.8. The first-order chi connectivity index (χ1) is 22.4. The lowest BCUT2D eigenvalue weighted by Crippen LogP contribution is -2.47. The van der Waals surface area contributed by atoms with E-state index in [0.29, 0.717) is 11.9 Å². The fourth-order valence-corrected chi connectivity index (χ4v) is 7.31. The van der Waals surface area contributed by atoms with Crippen LogP contribution in [0.25, 0.3) is 11.2 Å². The first-order valence-electron chi connectivity index (χ1n) is 15.8. The summed E-state index contributed by atoms with van der Waals surface area (Å²) in [6.45, 7) is 11.3. The van der Waals surface area contributed by atoms with Gasteiger partial charge in [0.15, 0.2) is 25.3 Å². The van der Waals surface area contributed by atoms with Crippen LogP contribution in [-0.4, -0.2) is 53.8 Å². The second-order valence-electron chi connectivity index (χ2n) is 13.4. The molecule has 0 bridgehead atoms. The SMILES string of the molecule is COc1ccc(C(OCC2O[C@@H](n3cnc4c(N)nc(F)nc43)C[C@@H]2O[Si](C)(C)C(C)(C)C)(c2ccccc2)c2ccccc2)cc1. The minimum atomic E-state index is -2.25. The van der Waals surface area contributed by atoms with Crippen LogP contribution in [0.15, 0.2) is 91.3 Å². The van der Waals surface area contributed by atoms with Crippen molar-refractivity contribution in [2.75, 3.05) is 19.5 Å². The first kappa shape index (κ1) is 32.8. The number of rotatable bonds is 10. The van der Waals surface area contributed by atoms with E-state index in [0.717, 1.165) is 22.4 Å². The third-order valence-electron chi connectivity index (χ3n) is 9.49. The number of imidazole rings is 1. The zero-order valence-electron chi connectivity index (χ0n) is 27.7. The van der Waals surface area contributed by atoms with Gasteiger partial charge in [-0.3, -0.25) is 4.57 Å². The van der Waals surface area contributed by atoms with E-state index in [4.69, 9.17) is 24.4 Å². The van der Waals surface area contributed by atoms with Gasteiger partial charge in [-0.2, -0.15) is 14.4 Å². The predicted molar refractivity (Wildman–Crippen MR) is 182 cm³/mol. The normalized spacial score (nSPS) is 18.9. The van der Waals surface area contributed by atoms with Gasteiger partial charge in [0.2, 0.25) is 0 Å². The number of methoxy groups -OCH3 is 1. The second-order valence-corrected chi connectivity index (χ2v) is 18.2. The third kappa shape index (κ3) is 6.28. The van der Waals surface area contributed by atoms with E-state index in [1.807, 2.05) is 60.7 Å². The van der Waals surface area contributed by atoms with Gasteiger partial charge in [0.05, 0.1) is 26.1 Å². The van der Waals surface area contributed by atoms with Gasteiger partial charge in [0.1, 0.15) is 23.7 Å². The van der Waals surface area contributed by atoms with Crippen molar-refractivity contribution >= 4 is 25.3 Å². The predicted octanol–water partition coefficient (Wildman–Crippen LogP) is 7.24. The molecule has 1 fully saturated rings. The Hall–Kier alpha value is -4.16. The smallest absolute Gasteiger partial charge is 0.312 e. The van der Waals surface area contributed by atoms with Gasteiger partial charge in [-0.15, -0.1) is 0 Å². The van der Waals surface area contributed by atoms with E-state index in [-0.39, 0.29) is 29.2 Å². The van der Waals surface area contributed by atoms with Crippen LogP contribution in [-0.2, 0) is 19.5 Å². The Balaban J connectivity index is 1.42. The summed E-state index contributed by atoms with van der Waals surface area (Å²) >= 11 is 0. The minimum absolute atomic E-state index is 0.0202. The first-order valence-corrected chi connectivity index (χ1v) is 18.7. The molecule has 2 aromatic heterocycles. The maximum Gasteiger partial charge on any atom is 0.312 e. The number of fused-ring (bicyclic) bond motifs is 1. The zero-order valence-corrected chi connectivity index (χ0v) is 28.7. The summed E-state index contributed by atoms with van der Waals surface area (Å²) in [5, 5.41) is -0.0378. The Morgan fingerprint density at radius 3 is 2.09 bits per heavy atom. The highest BCUT2D eigenvalue weighted by atomic mass is 28.4. The lowest BCUT2D eigenvalue weighted by atomic mass is 9.80. The molecule has 246 valence electrons. The number of halogens is 1. The minimum Gasteiger partial charge on any atom is -0.497 e. The molecule has 0 aliphatic carbocycles. The summed E-state index contributed by atoms with van der Waals surface area (Å²) in [5.41, 5.74) is 8.47. The molecule has 3 aromatic carbocycles. The van der Waals surface area contributed by atoms with Gasteiger partial charge < -0.3 is 24.4 Å². The van der Waals surface area contributed by atoms with Crippen LogP contribution in [0.3, 0.4) is 0 Å². The zero-order chi connectivity index (χ0) is 33.4. The molecule has 0 saturated carbocycles. The molecule has 6 rings (SSSR count). The summed E-state index contributed by atoms with van der Waals surface area (Å²) in [5.74, 6) is 0.732. The number of hydrogen-bond acceptors (Lipinski definition) is 8. The molecule has 1 aliphatic heterocycles. The van der Waals surface area contributed by atoms with Crippen molar-refractivity contribution in [2.24, 2.45) is 0 Å². The third-order valence-corrected chi connectivity index (χ3v) is 14.0. The highest BCUT2D eigenvalue weighted by Crippen LogP contribution is 2.45. The standard InChI is InChI=1S/C36H42FN5O4Si/c1-35(2,3)47(5,6)46-28-21-30(42-23-39-31-32(38)40-34(37)41-33(31)42)45-29(28)22-44-36(24-13-9-7-10-14-24,25-15-11-8-12-16-25)26-17-19-27(43-4)20-18-26/h7-20,23,28-30H,21-22H2,1-6H3,(H2,38,40,41)/t28-,29?,30+/m0/s1. The summed E-state index contributed by atoms with van der Waals surface area (Å²) in [6, 6.07) is 28.3. The number of nitrogens with zero attached hydrogens (tertiary/aromatic N) is 4. The Morgan fingerprint density at radius 2 is 1.51 bits per heavy atom. The Morgan fingerprint density at radius 1 is 0.915 bits per heavy atom. The highest BCUT2D eigenvalue weighted by Gasteiger charge is 2.47. The molecule has 2 N–H and O–H groups in total. The average molecular weight is 656 g/mol. The highest BCUT2D eigenvalue weighted by molar-refractivity contribution is 6.74. The van der Waals surface area contributed by atoms with Crippen molar-refractivity contribution in [1.29, 1.82) is 0 Å². The number of nitrogen functional groups attached to an aromatic ring is 1. The average Bonchev–Trinajstić information content (AvgIpc) is 3.66.